The van der Waals surface area contributed by atoms with Crippen molar-refractivity contribution in [2.45, 2.75) is 66.6 Å². The molecule has 0 fully saturated rings. The monoisotopic (exact) mass is 692 g/mol. The zero-order valence-electron chi connectivity index (χ0n) is 28.0. The van der Waals surface area contributed by atoms with Gasteiger partial charge in [-0.3, -0.25) is 9.59 Å². The summed E-state index contributed by atoms with van der Waals surface area (Å²) in [6.45, 7) is 17.4. The molecule has 0 aromatic carbocycles. The third kappa shape index (κ3) is 8.11. The van der Waals surface area contributed by atoms with Gasteiger partial charge in [0.25, 0.3) is 0 Å². The second-order valence-corrected chi connectivity index (χ2v) is 11.4. The van der Waals surface area contributed by atoms with E-state index in [1.807, 2.05) is 52.0 Å². The van der Waals surface area contributed by atoms with Gasteiger partial charge in [-0.05, 0) is 69.7 Å². The number of aliphatic hydroxyl groups is 1. The van der Waals surface area contributed by atoms with Crippen molar-refractivity contribution in [3.05, 3.63) is 88.5 Å². The summed E-state index contributed by atoms with van der Waals surface area (Å²) in [7, 11) is 1.45. The molecule has 0 spiro atoms. The van der Waals surface area contributed by atoms with Gasteiger partial charge in [0.05, 0.1) is 22.8 Å². The van der Waals surface area contributed by atoms with E-state index in [2.05, 4.69) is 17.9 Å². The first-order chi connectivity index (χ1) is 22.3. The number of carbonyl (C=O) groups is 2. The van der Waals surface area contributed by atoms with Crippen molar-refractivity contribution in [2.75, 3.05) is 7.11 Å². The summed E-state index contributed by atoms with van der Waals surface area (Å²) < 4.78 is 4.31. The Labute approximate surface area is 290 Å². The first-order valence-electron chi connectivity index (χ1n) is 15.2. The molecule has 3 N–H and O–H groups in total. The number of hydrogen-bond acceptors (Lipinski definition) is 6. The van der Waals surface area contributed by atoms with Crippen LogP contribution < -0.4 is 9.97 Å². The first kappa shape index (κ1) is 37.9. The fraction of sp³-hybridized carbons (Fsp3) is 0.297. The normalized spacial score (nSPS) is 13.0. The summed E-state index contributed by atoms with van der Waals surface area (Å²) in [5, 5.41) is 27.0. The van der Waals surface area contributed by atoms with Gasteiger partial charge in [0.2, 0.25) is 0 Å². The molecular formula is C37H40FeN4O6. The van der Waals surface area contributed by atoms with Crippen LogP contribution in [-0.2, 0) is 37.8 Å². The van der Waals surface area contributed by atoms with E-state index >= 15 is 0 Å². The summed E-state index contributed by atoms with van der Waals surface area (Å²) in [6.07, 6.45) is 3.44. The van der Waals surface area contributed by atoms with E-state index in [4.69, 9.17) is 25.0 Å². The Hall–Kier alpha value is -4.54. The number of hydrogen-bond donors (Lipinski definition) is 3. The summed E-state index contributed by atoms with van der Waals surface area (Å²) in [4.78, 5) is 42.7. The molecule has 3 aromatic rings. The van der Waals surface area contributed by atoms with E-state index < -0.39 is 18.2 Å². The second kappa shape index (κ2) is 16.0. The molecule has 10 nitrogen and oxygen atoms in total. The third-order valence-corrected chi connectivity index (χ3v) is 8.40. The topological polar surface area (TPSA) is 158 Å². The standard InChI is InChI=1S/C34H34N4O4.C3H8O2.Fe/c1-7-21-17(3)25-13-26-19(5)23(9-11-33(39)40)31(37-26)16-32-24(10-12-34(41)42)20(6)28(38-32)15-30-22(8-2)18(4)27(36-30)14-29(21)35-25;1-3(4)5-2;/h7-8,13-16H,1-2,9-12H2,3-6H3,(H4,35,36,37,38,39,40,41,42);3-4H,1-2H3;/q;;+2/p-2. The number of aromatic nitrogens is 4. The molecule has 1 unspecified atom stereocenters. The minimum absolute atomic E-state index is 0. The summed E-state index contributed by atoms with van der Waals surface area (Å²) in [5.41, 5.74) is 12.6. The van der Waals surface area contributed by atoms with Gasteiger partial charge >= 0.3 is 29.0 Å². The van der Waals surface area contributed by atoms with E-state index in [-0.39, 0.29) is 29.9 Å². The molecule has 2 aliphatic rings. The van der Waals surface area contributed by atoms with Gasteiger partial charge in [-0.1, -0.05) is 66.3 Å². The Balaban J connectivity index is 0.000000970. The summed E-state index contributed by atoms with van der Waals surface area (Å²) in [6, 6.07) is 7.62. The molecule has 8 bridgehead atoms. The summed E-state index contributed by atoms with van der Waals surface area (Å²) in [5.74, 6) is -1.80. The average Bonchev–Trinajstić information content (AvgIpc) is 3.68. The molecule has 0 saturated carbocycles. The minimum Gasteiger partial charge on any atom is -0.657 e. The predicted octanol–water partition coefficient (Wildman–Crippen LogP) is 6.73. The SMILES string of the molecule is C=CC1=C(C)c2cc3[n-]c(cc4nc(cc5[n-]c(cc1n2)c(C)c5C=C)C(C)=C4CCC(=O)O)c(CCC(=O)O)c3C.COC(C)O.[Fe+2]. The Morgan fingerprint density at radius 1 is 0.792 bits per heavy atom. The minimum atomic E-state index is -0.898. The summed E-state index contributed by atoms with van der Waals surface area (Å²) >= 11 is 0. The number of carboxylic acid groups (broad SMARTS) is 2. The second-order valence-electron chi connectivity index (χ2n) is 11.4. The zero-order valence-corrected chi connectivity index (χ0v) is 29.1. The number of methoxy groups -OCH3 is 1. The number of ether oxygens (including phenoxy) is 1. The van der Waals surface area contributed by atoms with Crippen LogP contribution in [0.25, 0.3) is 50.4 Å². The Morgan fingerprint density at radius 2 is 1.29 bits per heavy atom. The predicted molar refractivity (Wildman–Crippen MR) is 185 cm³/mol. The van der Waals surface area contributed by atoms with Crippen molar-refractivity contribution in [1.29, 1.82) is 0 Å². The molecule has 0 radical (unpaired) electrons. The molecule has 0 amide bonds. The number of aliphatic carboxylic acids is 2. The van der Waals surface area contributed by atoms with Crippen LogP contribution in [-0.4, -0.2) is 50.6 Å². The van der Waals surface area contributed by atoms with Gasteiger partial charge in [0, 0.05) is 25.5 Å². The van der Waals surface area contributed by atoms with Crippen LogP contribution >= 0.6 is 0 Å². The molecule has 0 saturated heterocycles. The van der Waals surface area contributed by atoms with Crippen molar-refractivity contribution in [2.24, 2.45) is 0 Å². The van der Waals surface area contributed by atoms with E-state index in [1.165, 1.54) is 7.11 Å². The van der Waals surface area contributed by atoms with Crippen LogP contribution in [0.3, 0.4) is 0 Å². The Kier molecular flexibility index (Phi) is 12.7. The number of rotatable bonds is 9. The smallest absolute Gasteiger partial charge is 0.657 e. The van der Waals surface area contributed by atoms with E-state index in [1.54, 1.807) is 19.1 Å². The molecule has 5 heterocycles. The van der Waals surface area contributed by atoms with Gasteiger partial charge in [-0.15, -0.1) is 22.1 Å². The molecule has 0 aliphatic carbocycles. The number of nitrogens with zero attached hydrogens (tertiary/aromatic N) is 4. The number of fused-ring (bicyclic) bond motifs is 8. The fourth-order valence-corrected chi connectivity index (χ4v) is 5.61. The van der Waals surface area contributed by atoms with Crippen LogP contribution in [0.2, 0.25) is 0 Å². The van der Waals surface area contributed by atoms with Crippen LogP contribution in [0.1, 0.15) is 85.1 Å². The number of aliphatic hydroxyl groups excluding tert-OH is 1. The molecule has 3 aromatic heterocycles. The third-order valence-electron chi connectivity index (χ3n) is 8.40. The number of allylic oxidation sites excluding steroid dienone is 5. The van der Waals surface area contributed by atoms with Gasteiger partial charge in [-0.25, -0.2) is 9.97 Å². The Bertz CT molecular complexity index is 2000. The molecule has 2 aliphatic heterocycles. The number of aryl methyl sites for hydroxylation is 3. The first-order valence-corrected chi connectivity index (χ1v) is 15.2. The van der Waals surface area contributed by atoms with Gasteiger partial charge in [0.15, 0.2) is 6.29 Å². The van der Waals surface area contributed by atoms with Crippen molar-refractivity contribution in [3.63, 3.8) is 0 Å². The van der Waals surface area contributed by atoms with Gasteiger partial charge in [0.1, 0.15) is 0 Å². The molecule has 1 atom stereocenters. The number of carboxylic acids is 2. The largest absolute Gasteiger partial charge is 2.00 e. The molecule has 48 heavy (non-hydrogen) atoms. The Morgan fingerprint density at radius 3 is 1.88 bits per heavy atom. The van der Waals surface area contributed by atoms with Crippen molar-refractivity contribution < 1.29 is 46.7 Å². The van der Waals surface area contributed by atoms with Crippen LogP contribution in [0.4, 0.5) is 0 Å². The van der Waals surface area contributed by atoms with Gasteiger partial charge < -0.3 is 30.0 Å². The molecular weight excluding hydrogens is 652 g/mol. The van der Waals surface area contributed by atoms with Crippen LogP contribution in [0.5, 0.6) is 0 Å². The van der Waals surface area contributed by atoms with Crippen LogP contribution in [0, 0.1) is 13.8 Å². The van der Waals surface area contributed by atoms with Crippen molar-refractivity contribution in [1.82, 2.24) is 19.9 Å². The molecule has 252 valence electrons. The van der Waals surface area contributed by atoms with Crippen LogP contribution in [0.15, 0.2) is 43.5 Å². The van der Waals surface area contributed by atoms with Gasteiger partial charge in [-0.2, -0.15) is 0 Å². The van der Waals surface area contributed by atoms with Crippen molar-refractivity contribution >= 4 is 62.4 Å². The average molecular weight is 693 g/mol. The fourth-order valence-electron chi connectivity index (χ4n) is 5.61. The van der Waals surface area contributed by atoms with E-state index in [0.717, 1.165) is 61.5 Å². The quantitative estimate of drug-likeness (QED) is 0.162. The zero-order chi connectivity index (χ0) is 34.6. The maximum Gasteiger partial charge on any atom is 2.00 e. The van der Waals surface area contributed by atoms with Crippen molar-refractivity contribution in [3.8, 4) is 0 Å². The molecule has 11 heteroatoms. The maximum absolute atomic E-state index is 11.5. The van der Waals surface area contributed by atoms with E-state index in [9.17, 15) is 19.8 Å². The molecule has 5 rings (SSSR count). The van der Waals surface area contributed by atoms with E-state index in [0.29, 0.717) is 40.8 Å². The maximum atomic E-state index is 11.5.